The number of aliphatic hydroxyl groups excluding tert-OH is 2. The molecule has 0 heterocycles. The van der Waals surface area contributed by atoms with E-state index in [9.17, 15) is 4.79 Å². The van der Waals surface area contributed by atoms with E-state index in [4.69, 9.17) is 15.3 Å². The molecule has 0 aromatic rings. The first-order chi connectivity index (χ1) is 4.16. The average molecular weight is 134 g/mol. The monoisotopic (exact) mass is 134 g/mol. The number of carbonyl (C=O) groups is 1. The molecule has 0 amide bonds. The molecule has 0 aliphatic rings. The largest absolute Gasteiger partial charge is 0.481 e. The predicted molar refractivity (Wildman–Crippen MR) is 30.0 cm³/mol. The maximum atomic E-state index is 9.84. The van der Waals surface area contributed by atoms with Gasteiger partial charge in [-0.15, -0.1) is 0 Å². The lowest BCUT2D eigenvalue weighted by molar-refractivity contribution is -0.139. The highest BCUT2D eigenvalue weighted by Gasteiger charge is 2.07. The fourth-order valence-electron chi connectivity index (χ4n) is 0.453. The van der Waals surface area contributed by atoms with Crippen molar-refractivity contribution in [2.45, 2.75) is 18.9 Å². The van der Waals surface area contributed by atoms with Crippen molar-refractivity contribution in [1.82, 2.24) is 0 Å². The summed E-state index contributed by atoms with van der Waals surface area (Å²) < 4.78 is 0. The Kier molecular flexibility index (Phi) is 4.00. The van der Waals surface area contributed by atoms with Crippen LogP contribution in [0.1, 0.15) is 12.8 Å². The Morgan fingerprint density at radius 3 is 2.44 bits per heavy atom. The summed E-state index contributed by atoms with van der Waals surface area (Å²) in [6.45, 7) is -0.172. The number of aliphatic hydroxyl groups is 2. The van der Waals surface area contributed by atoms with Crippen LogP contribution in [0.2, 0.25) is 0 Å². The summed E-state index contributed by atoms with van der Waals surface area (Å²) in [5.74, 6) is -1.05. The highest BCUT2D eigenvalue weighted by atomic mass is 16.4. The summed E-state index contributed by atoms with van der Waals surface area (Å²) in [4.78, 5) is 9.84. The molecule has 0 radical (unpaired) electrons. The van der Waals surface area contributed by atoms with Crippen molar-refractivity contribution in [3.63, 3.8) is 0 Å². The molecule has 54 valence electrons. The molecule has 0 unspecified atom stereocenters. The van der Waals surface area contributed by atoms with Gasteiger partial charge >= 0.3 is 5.97 Å². The van der Waals surface area contributed by atoms with Gasteiger partial charge in [-0.05, 0) is 6.42 Å². The van der Waals surface area contributed by atoms with Crippen molar-refractivity contribution in [3.05, 3.63) is 0 Å². The Bertz CT molecular complexity index is 91.0. The topological polar surface area (TPSA) is 77.8 Å². The highest BCUT2D eigenvalue weighted by molar-refractivity contribution is 5.67. The number of aliphatic carboxylic acids is 1. The zero-order valence-corrected chi connectivity index (χ0v) is 4.95. The third-order valence-corrected chi connectivity index (χ3v) is 0.873. The summed E-state index contributed by atoms with van der Waals surface area (Å²) in [6, 6.07) is 0. The van der Waals surface area contributed by atoms with Crippen LogP contribution in [0.25, 0.3) is 0 Å². The lowest BCUT2D eigenvalue weighted by Gasteiger charge is -2.02. The van der Waals surface area contributed by atoms with Crippen molar-refractivity contribution in [1.29, 1.82) is 0 Å². The zero-order chi connectivity index (χ0) is 7.28. The minimum Gasteiger partial charge on any atom is -0.481 e. The quantitative estimate of drug-likeness (QED) is 0.470. The van der Waals surface area contributed by atoms with Crippen molar-refractivity contribution in [2.24, 2.45) is 0 Å². The number of carboxylic acid groups (broad SMARTS) is 1. The normalized spacial score (nSPS) is 13.1. The fourth-order valence-corrected chi connectivity index (χ4v) is 0.453. The van der Waals surface area contributed by atoms with Gasteiger partial charge in [0.15, 0.2) is 0 Å². The van der Waals surface area contributed by atoms with E-state index in [1.165, 1.54) is 0 Å². The van der Waals surface area contributed by atoms with Crippen molar-refractivity contribution >= 4 is 5.97 Å². The summed E-state index contributed by atoms with van der Waals surface area (Å²) in [7, 11) is 0. The van der Waals surface area contributed by atoms with E-state index in [-0.39, 0.29) is 19.4 Å². The molecule has 4 nitrogen and oxygen atoms in total. The molecule has 0 spiro atoms. The predicted octanol–water partition coefficient (Wildman–Crippen LogP) is -0.796. The van der Waals surface area contributed by atoms with Crippen LogP contribution in [0, 0.1) is 0 Å². The van der Waals surface area contributed by atoms with Gasteiger partial charge in [-0.2, -0.15) is 0 Å². The molecule has 1 atom stereocenters. The van der Waals surface area contributed by atoms with Crippen molar-refractivity contribution < 1.29 is 20.1 Å². The van der Waals surface area contributed by atoms with Gasteiger partial charge in [-0.1, -0.05) is 0 Å². The van der Waals surface area contributed by atoms with Gasteiger partial charge in [0.2, 0.25) is 0 Å². The molecule has 4 heteroatoms. The number of rotatable bonds is 4. The second kappa shape index (κ2) is 4.29. The first-order valence-electron chi connectivity index (χ1n) is 2.67. The Hall–Kier alpha value is -0.610. The molecule has 0 bridgehead atoms. The summed E-state index contributed by atoms with van der Waals surface area (Å²) in [6.07, 6.45) is -1.07. The molecule has 0 aliphatic heterocycles. The molecule has 0 saturated heterocycles. The van der Waals surface area contributed by atoms with Gasteiger partial charge in [0.25, 0.3) is 0 Å². The van der Waals surface area contributed by atoms with Crippen molar-refractivity contribution in [2.75, 3.05) is 6.61 Å². The van der Waals surface area contributed by atoms with Crippen LogP contribution in [0.15, 0.2) is 0 Å². The summed E-state index contributed by atoms with van der Waals surface area (Å²) in [5.41, 5.74) is 0. The fraction of sp³-hybridized carbons (Fsp3) is 0.800. The third-order valence-electron chi connectivity index (χ3n) is 0.873. The van der Waals surface area contributed by atoms with E-state index in [1.54, 1.807) is 0 Å². The Morgan fingerprint density at radius 1 is 1.56 bits per heavy atom. The second-order valence-corrected chi connectivity index (χ2v) is 1.76. The molecular weight excluding hydrogens is 124 g/mol. The highest BCUT2D eigenvalue weighted by Crippen LogP contribution is 1.95. The lowest BCUT2D eigenvalue weighted by atomic mass is 10.2. The van der Waals surface area contributed by atoms with E-state index in [0.717, 1.165) is 0 Å². The smallest absolute Gasteiger partial charge is 0.305 e. The molecule has 0 aliphatic carbocycles. The Balaban J connectivity index is 3.26. The van der Waals surface area contributed by atoms with Crippen LogP contribution in [-0.4, -0.2) is 34.0 Å². The first kappa shape index (κ1) is 8.39. The van der Waals surface area contributed by atoms with Crippen LogP contribution >= 0.6 is 0 Å². The summed E-state index contributed by atoms with van der Waals surface area (Å²) in [5, 5.41) is 24.9. The SMILES string of the molecule is O=C(O)C[C@@H](O)CCO. The first-order valence-corrected chi connectivity index (χ1v) is 2.67. The lowest BCUT2D eigenvalue weighted by Crippen LogP contribution is -2.13. The molecule has 0 aromatic carbocycles. The van der Waals surface area contributed by atoms with Gasteiger partial charge < -0.3 is 15.3 Å². The van der Waals surface area contributed by atoms with Crippen LogP contribution in [0.4, 0.5) is 0 Å². The van der Waals surface area contributed by atoms with Crippen LogP contribution < -0.4 is 0 Å². The van der Waals surface area contributed by atoms with Gasteiger partial charge in [0.05, 0.1) is 12.5 Å². The Labute approximate surface area is 52.7 Å². The van der Waals surface area contributed by atoms with E-state index in [2.05, 4.69) is 0 Å². The van der Waals surface area contributed by atoms with Crippen molar-refractivity contribution in [3.8, 4) is 0 Å². The van der Waals surface area contributed by atoms with Crippen LogP contribution in [0.5, 0.6) is 0 Å². The zero-order valence-electron chi connectivity index (χ0n) is 4.95. The Morgan fingerprint density at radius 2 is 2.11 bits per heavy atom. The van der Waals surface area contributed by atoms with Gasteiger partial charge in [-0.25, -0.2) is 0 Å². The standard InChI is InChI=1S/C5H10O4/c6-2-1-4(7)3-5(8)9/h4,6-7H,1-3H2,(H,8,9)/t4-/m0/s1. The van der Waals surface area contributed by atoms with Crippen LogP contribution in [0.3, 0.4) is 0 Å². The second-order valence-electron chi connectivity index (χ2n) is 1.76. The molecule has 0 rings (SSSR count). The molecular formula is C5H10O4. The van der Waals surface area contributed by atoms with Crippen LogP contribution in [-0.2, 0) is 4.79 Å². The number of carboxylic acids is 1. The van der Waals surface area contributed by atoms with Gasteiger partial charge in [-0.3, -0.25) is 4.79 Å². The van der Waals surface area contributed by atoms with E-state index < -0.39 is 12.1 Å². The molecule has 0 aromatic heterocycles. The van der Waals surface area contributed by atoms with Gasteiger partial charge in [0.1, 0.15) is 0 Å². The molecule has 0 fully saturated rings. The maximum Gasteiger partial charge on any atom is 0.305 e. The summed E-state index contributed by atoms with van der Waals surface area (Å²) >= 11 is 0. The minimum atomic E-state index is -1.05. The number of hydrogen-bond donors (Lipinski definition) is 3. The molecule has 9 heavy (non-hydrogen) atoms. The minimum absolute atomic E-state index is 0.131. The molecule has 3 N–H and O–H groups in total. The van der Waals surface area contributed by atoms with Gasteiger partial charge in [0, 0.05) is 6.61 Å². The van der Waals surface area contributed by atoms with E-state index >= 15 is 0 Å². The van der Waals surface area contributed by atoms with E-state index in [1.807, 2.05) is 0 Å². The average Bonchev–Trinajstić information content (AvgIpc) is 1.63. The van der Waals surface area contributed by atoms with E-state index in [0.29, 0.717) is 0 Å². The molecule has 0 saturated carbocycles. The third kappa shape index (κ3) is 5.26. The maximum absolute atomic E-state index is 9.84. The number of hydrogen-bond acceptors (Lipinski definition) is 3.